The lowest BCUT2D eigenvalue weighted by Gasteiger charge is -2.13. The first-order chi connectivity index (χ1) is 10.9. The number of nitrogens with two attached hydrogens (primary N) is 1. The van der Waals surface area contributed by atoms with Crippen LogP contribution in [-0.4, -0.2) is 5.91 Å². The summed E-state index contributed by atoms with van der Waals surface area (Å²) in [6, 6.07) is 7.63. The van der Waals surface area contributed by atoms with Crippen LogP contribution in [0.4, 0.5) is 4.39 Å². The Morgan fingerprint density at radius 2 is 1.96 bits per heavy atom. The van der Waals surface area contributed by atoms with Gasteiger partial charge in [-0.3, -0.25) is 4.79 Å². The fourth-order valence-electron chi connectivity index (χ4n) is 1.95. The van der Waals surface area contributed by atoms with Crippen LogP contribution in [0.5, 0.6) is 5.75 Å². The maximum atomic E-state index is 13.0. The van der Waals surface area contributed by atoms with E-state index in [1.165, 1.54) is 12.1 Å². The molecule has 0 aromatic heterocycles. The highest BCUT2D eigenvalue weighted by atomic mass is 79.9. The molecular formula is C16H13BrCl2FNO2. The molecule has 0 bridgehead atoms. The largest absolute Gasteiger partial charge is 0.486 e. The first kappa shape index (κ1) is 18.0. The maximum absolute atomic E-state index is 13.0. The normalized spacial score (nSPS) is 10.6. The van der Waals surface area contributed by atoms with E-state index in [1.807, 2.05) is 6.07 Å². The predicted molar refractivity (Wildman–Crippen MR) is 92.4 cm³/mol. The van der Waals surface area contributed by atoms with E-state index in [-0.39, 0.29) is 24.0 Å². The van der Waals surface area contributed by atoms with Gasteiger partial charge < -0.3 is 10.5 Å². The molecule has 23 heavy (non-hydrogen) atoms. The average molecular weight is 421 g/mol. The number of ether oxygens (including phenoxy) is 1. The molecule has 1 amide bonds. The lowest BCUT2D eigenvalue weighted by molar-refractivity contribution is -0.117. The van der Waals surface area contributed by atoms with Gasteiger partial charge in [0.25, 0.3) is 0 Å². The summed E-state index contributed by atoms with van der Waals surface area (Å²) in [6.45, 7) is 0.151. The summed E-state index contributed by atoms with van der Waals surface area (Å²) < 4.78 is 19.4. The number of rotatable bonds is 6. The fourth-order valence-corrected chi connectivity index (χ4v) is 3.21. The number of aryl methyl sites for hydroxylation is 1. The number of primary amides is 1. The van der Waals surface area contributed by atoms with E-state index in [4.69, 9.17) is 33.7 Å². The molecule has 0 radical (unpaired) electrons. The molecule has 0 aliphatic carbocycles. The molecule has 0 aliphatic heterocycles. The molecule has 0 spiro atoms. The summed E-state index contributed by atoms with van der Waals surface area (Å²) in [7, 11) is 0. The third-order valence-electron chi connectivity index (χ3n) is 3.11. The minimum atomic E-state index is -0.406. The van der Waals surface area contributed by atoms with Crippen LogP contribution in [0.1, 0.15) is 17.5 Å². The number of hydrogen-bond donors (Lipinski definition) is 1. The summed E-state index contributed by atoms with van der Waals surface area (Å²) in [5.41, 5.74) is 6.65. The van der Waals surface area contributed by atoms with Crippen LogP contribution in [0, 0.1) is 5.82 Å². The molecule has 7 heteroatoms. The van der Waals surface area contributed by atoms with Crippen LogP contribution in [0.3, 0.4) is 0 Å². The molecule has 2 N–H and O–H groups in total. The van der Waals surface area contributed by atoms with E-state index in [9.17, 15) is 9.18 Å². The van der Waals surface area contributed by atoms with Gasteiger partial charge in [-0.15, -0.1) is 0 Å². The van der Waals surface area contributed by atoms with Gasteiger partial charge in [-0.25, -0.2) is 4.39 Å². The summed E-state index contributed by atoms with van der Waals surface area (Å²) in [6.07, 6.45) is 0.742. The van der Waals surface area contributed by atoms with Crippen LogP contribution in [0.15, 0.2) is 34.8 Å². The monoisotopic (exact) mass is 419 g/mol. The van der Waals surface area contributed by atoms with E-state index in [1.54, 1.807) is 12.1 Å². The number of carbonyl (C=O) groups is 1. The van der Waals surface area contributed by atoms with Gasteiger partial charge >= 0.3 is 0 Å². The quantitative estimate of drug-likeness (QED) is 0.722. The SMILES string of the molecule is NC(=O)CCc1cc(Cl)c(OCc2ccc(F)cc2Cl)c(Br)c1. The van der Waals surface area contributed by atoms with E-state index >= 15 is 0 Å². The van der Waals surface area contributed by atoms with Crippen LogP contribution < -0.4 is 10.5 Å². The zero-order chi connectivity index (χ0) is 17.0. The Morgan fingerprint density at radius 1 is 1.22 bits per heavy atom. The van der Waals surface area contributed by atoms with Gasteiger partial charge in [0.1, 0.15) is 12.4 Å². The number of hydrogen-bond acceptors (Lipinski definition) is 2. The minimum absolute atomic E-state index is 0.151. The number of halogens is 4. The van der Waals surface area contributed by atoms with Crippen molar-refractivity contribution < 1.29 is 13.9 Å². The number of carbonyl (C=O) groups excluding carboxylic acids is 1. The first-order valence-electron chi connectivity index (χ1n) is 6.69. The van der Waals surface area contributed by atoms with Crippen molar-refractivity contribution in [2.75, 3.05) is 0 Å². The molecule has 0 atom stereocenters. The zero-order valence-electron chi connectivity index (χ0n) is 11.9. The molecule has 0 saturated carbocycles. The Bertz CT molecular complexity index is 717. The van der Waals surface area contributed by atoms with E-state index in [0.29, 0.717) is 27.2 Å². The molecule has 0 unspecified atom stereocenters. The Labute approximate surface area is 151 Å². The highest BCUT2D eigenvalue weighted by Gasteiger charge is 2.11. The number of benzene rings is 2. The smallest absolute Gasteiger partial charge is 0.217 e. The van der Waals surface area contributed by atoms with Crippen molar-refractivity contribution in [1.82, 2.24) is 0 Å². The average Bonchev–Trinajstić information content (AvgIpc) is 2.46. The van der Waals surface area contributed by atoms with Crippen LogP contribution in [0.25, 0.3) is 0 Å². The minimum Gasteiger partial charge on any atom is -0.486 e. The van der Waals surface area contributed by atoms with Crippen molar-refractivity contribution in [1.29, 1.82) is 0 Å². The Kier molecular flexibility index (Phi) is 6.27. The second kappa shape index (κ2) is 7.99. The summed E-state index contributed by atoms with van der Waals surface area (Å²) in [5, 5.41) is 0.687. The zero-order valence-corrected chi connectivity index (χ0v) is 15.0. The standard InChI is InChI=1S/C16H13BrCl2FNO2/c17-12-5-9(1-4-15(21)22)6-14(19)16(12)23-8-10-2-3-11(20)7-13(10)18/h2-3,5-7H,1,4,8H2,(H2,21,22). The Morgan fingerprint density at radius 3 is 2.57 bits per heavy atom. The summed E-state index contributed by atoms with van der Waals surface area (Å²) >= 11 is 15.6. The van der Waals surface area contributed by atoms with Crippen molar-refractivity contribution in [2.24, 2.45) is 5.73 Å². The molecular weight excluding hydrogens is 408 g/mol. The lowest BCUT2D eigenvalue weighted by atomic mass is 10.1. The van der Waals surface area contributed by atoms with Crippen molar-refractivity contribution in [2.45, 2.75) is 19.4 Å². The van der Waals surface area contributed by atoms with Crippen molar-refractivity contribution >= 4 is 45.0 Å². The fraction of sp³-hybridized carbons (Fsp3) is 0.188. The Balaban J connectivity index is 2.12. The van der Waals surface area contributed by atoms with Crippen molar-refractivity contribution in [3.05, 3.63) is 61.8 Å². The third kappa shape index (κ3) is 5.09. The second-order valence-corrected chi connectivity index (χ2v) is 6.55. The van der Waals surface area contributed by atoms with Crippen LogP contribution >= 0.6 is 39.1 Å². The second-order valence-electron chi connectivity index (χ2n) is 4.88. The van der Waals surface area contributed by atoms with Gasteiger partial charge in [0.05, 0.1) is 14.5 Å². The molecule has 0 heterocycles. The molecule has 2 rings (SSSR count). The number of amides is 1. The highest BCUT2D eigenvalue weighted by molar-refractivity contribution is 9.10. The first-order valence-corrected chi connectivity index (χ1v) is 8.24. The highest BCUT2D eigenvalue weighted by Crippen LogP contribution is 2.35. The Hall–Kier alpha value is -1.30. The molecule has 122 valence electrons. The molecule has 2 aromatic rings. The molecule has 0 saturated heterocycles. The van der Waals surface area contributed by atoms with Gasteiger partial charge in [-0.1, -0.05) is 29.3 Å². The van der Waals surface area contributed by atoms with Gasteiger partial charge in [-0.05, 0) is 52.2 Å². The molecule has 3 nitrogen and oxygen atoms in total. The molecule has 2 aromatic carbocycles. The van der Waals surface area contributed by atoms with Gasteiger partial charge in [0.15, 0.2) is 5.75 Å². The van der Waals surface area contributed by atoms with E-state index < -0.39 is 5.82 Å². The van der Waals surface area contributed by atoms with Crippen molar-refractivity contribution in [3.63, 3.8) is 0 Å². The predicted octanol–water partition coefficient (Wildman–Crippen LogP) is 4.89. The topological polar surface area (TPSA) is 52.3 Å². The van der Waals surface area contributed by atoms with Gasteiger partial charge in [0, 0.05) is 12.0 Å². The summed E-state index contributed by atoms with van der Waals surface area (Å²) in [4.78, 5) is 10.8. The van der Waals surface area contributed by atoms with Gasteiger partial charge in [-0.2, -0.15) is 0 Å². The maximum Gasteiger partial charge on any atom is 0.217 e. The van der Waals surface area contributed by atoms with E-state index in [0.717, 1.165) is 5.56 Å². The third-order valence-corrected chi connectivity index (χ3v) is 4.33. The van der Waals surface area contributed by atoms with Crippen LogP contribution in [0.2, 0.25) is 10.0 Å². The summed E-state index contributed by atoms with van der Waals surface area (Å²) in [5.74, 6) is -0.324. The molecule has 0 aliphatic rings. The molecule has 0 fully saturated rings. The van der Waals surface area contributed by atoms with Crippen LogP contribution in [-0.2, 0) is 17.8 Å². The van der Waals surface area contributed by atoms with Crippen molar-refractivity contribution in [3.8, 4) is 5.75 Å². The lowest BCUT2D eigenvalue weighted by Crippen LogP contribution is -2.11. The van der Waals surface area contributed by atoms with Gasteiger partial charge in [0.2, 0.25) is 5.91 Å². The van der Waals surface area contributed by atoms with E-state index in [2.05, 4.69) is 15.9 Å².